The number of piperidine rings is 3. The third-order valence-corrected chi connectivity index (χ3v) is 6.13. The van der Waals surface area contributed by atoms with Crippen molar-refractivity contribution in [2.75, 3.05) is 31.5 Å². The second-order valence-electron chi connectivity index (χ2n) is 6.63. The first-order chi connectivity index (χ1) is 11.2. The minimum absolute atomic E-state index is 0.131. The summed E-state index contributed by atoms with van der Waals surface area (Å²) < 4.78 is 7.21. The van der Waals surface area contributed by atoms with Crippen LogP contribution in [0, 0.1) is 5.92 Å². The van der Waals surface area contributed by atoms with Crippen LogP contribution in [0.1, 0.15) is 12.8 Å². The minimum Gasteiger partial charge on any atom is -0.508 e. The third-order valence-electron chi connectivity index (χ3n) is 5.20. The van der Waals surface area contributed by atoms with Crippen molar-refractivity contribution in [3.63, 3.8) is 0 Å². The van der Waals surface area contributed by atoms with E-state index in [1.165, 1.54) is 37.3 Å². The van der Waals surface area contributed by atoms with E-state index in [0.717, 1.165) is 28.4 Å². The Morgan fingerprint density at radius 2 is 2.22 bits per heavy atom. The smallest absolute Gasteiger partial charge is 0.291 e. The molecule has 5 heterocycles. The van der Waals surface area contributed by atoms with Gasteiger partial charge in [-0.25, -0.2) is 9.98 Å². The Kier molecular flexibility index (Phi) is 2.84. The van der Waals surface area contributed by atoms with Gasteiger partial charge in [0, 0.05) is 12.5 Å². The van der Waals surface area contributed by atoms with E-state index in [9.17, 15) is 5.11 Å². The van der Waals surface area contributed by atoms with Gasteiger partial charge in [0.1, 0.15) is 11.4 Å². The van der Waals surface area contributed by atoms with Crippen molar-refractivity contribution in [3.05, 3.63) is 18.2 Å². The summed E-state index contributed by atoms with van der Waals surface area (Å²) in [6.45, 7) is 4.11. The van der Waals surface area contributed by atoms with Gasteiger partial charge < -0.3 is 9.84 Å². The van der Waals surface area contributed by atoms with Crippen LogP contribution in [0.2, 0.25) is 0 Å². The van der Waals surface area contributed by atoms with Gasteiger partial charge in [-0.3, -0.25) is 10.2 Å². The van der Waals surface area contributed by atoms with Gasteiger partial charge in [-0.05, 0) is 44.1 Å². The van der Waals surface area contributed by atoms with Crippen molar-refractivity contribution >= 4 is 32.7 Å². The quantitative estimate of drug-likeness (QED) is 0.839. The molecule has 1 aromatic carbocycles. The van der Waals surface area contributed by atoms with Crippen LogP contribution in [0.25, 0.3) is 10.2 Å². The molecule has 2 aromatic rings. The number of nitrogens with zero attached hydrogens (tertiary/aromatic N) is 3. The molecule has 120 valence electrons. The van der Waals surface area contributed by atoms with Crippen LogP contribution in [0.3, 0.4) is 0 Å². The van der Waals surface area contributed by atoms with E-state index in [4.69, 9.17) is 4.74 Å². The van der Waals surface area contributed by atoms with Gasteiger partial charge in [0.05, 0.1) is 16.8 Å². The van der Waals surface area contributed by atoms with Crippen molar-refractivity contribution in [1.82, 2.24) is 9.88 Å². The highest BCUT2D eigenvalue weighted by Gasteiger charge is 2.51. The van der Waals surface area contributed by atoms with E-state index in [1.54, 1.807) is 12.1 Å². The van der Waals surface area contributed by atoms with E-state index in [1.807, 2.05) is 6.07 Å². The van der Waals surface area contributed by atoms with Gasteiger partial charge >= 0.3 is 0 Å². The molecule has 4 aliphatic rings. The van der Waals surface area contributed by atoms with Gasteiger partial charge in [-0.1, -0.05) is 11.3 Å². The average molecular weight is 330 g/mol. The lowest BCUT2D eigenvalue weighted by Gasteiger charge is -2.50. The molecule has 6 rings (SSSR count). The predicted molar refractivity (Wildman–Crippen MR) is 90.2 cm³/mol. The molecule has 0 amide bonds. The molecule has 23 heavy (non-hydrogen) atoms. The maximum absolute atomic E-state index is 9.56. The fourth-order valence-electron chi connectivity index (χ4n) is 4.01. The number of aliphatic imine (C=N–C) groups is 1. The van der Waals surface area contributed by atoms with Crippen molar-refractivity contribution in [3.8, 4) is 5.75 Å². The highest BCUT2D eigenvalue weighted by Crippen LogP contribution is 2.41. The third kappa shape index (κ3) is 2.18. The zero-order valence-corrected chi connectivity index (χ0v) is 13.5. The number of nitrogens with one attached hydrogen (secondary N) is 1. The predicted octanol–water partition coefficient (Wildman–Crippen LogP) is 2.26. The van der Waals surface area contributed by atoms with Crippen molar-refractivity contribution in [2.24, 2.45) is 10.9 Å². The molecular weight excluding hydrogens is 312 g/mol. The van der Waals surface area contributed by atoms with Crippen LogP contribution in [-0.2, 0) is 4.74 Å². The number of aromatic nitrogens is 1. The van der Waals surface area contributed by atoms with Crippen LogP contribution in [-0.4, -0.2) is 52.8 Å². The Balaban J connectivity index is 1.35. The van der Waals surface area contributed by atoms with Crippen LogP contribution >= 0.6 is 11.3 Å². The molecule has 0 saturated carbocycles. The van der Waals surface area contributed by atoms with Crippen LogP contribution in [0.15, 0.2) is 23.2 Å². The summed E-state index contributed by atoms with van der Waals surface area (Å²) in [5.41, 5.74) is 0.736. The van der Waals surface area contributed by atoms with E-state index in [-0.39, 0.29) is 11.4 Å². The molecule has 0 radical (unpaired) electrons. The largest absolute Gasteiger partial charge is 0.508 e. The first-order valence-electron chi connectivity index (χ1n) is 8.03. The number of thiazole rings is 1. The zero-order chi connectivity index (χ0) is 15.4. The number of ether oxygens (including phenoxy) is 1. The van der Waals surface area contributed by atoms with Crippen molar-refractivity contribution in [2.45, 2.75) is 18.4 Å². The summed E-state index contributed by atoms with van der Waals surface area (Å²) in [7, 11) is 0. The number of rotatable bonds is 1. The highest BCUT2D eigenvalue weighted by atomic mass is 32.1. The molecule has 1 spiro atoms. The summed E-state index contributed by atoms with van der Waals surface area (Å²) in [5.74, 6) is 0.872. The maximum atomic E-state index is 9.56. The minimum atomic E-state index is -0.131. The summed E-state index contributed by atoms with van der Waals surface area (Å²) in [4.78, 5) is 11.6. The van der Waals surface area contributed by atoms with E-state index >= 15 is 0 Å². The Morgan fingerprint density at radius 3 is 3.00 bits per heavy atom. The molecule has 2 bridgehead atoms. The number of benzene rings is 1. The van der Waals surface area contributed by atoms with Gasteiger partial charge in [0.2, 0.25) is 0 Å². The number of aromatic hydroxyl groups is 1. The normalized spacial score (nSPS) is 32.3. The van der Waals surface area contributed by atoms with Gasteiger partial charge in [0.25, 0.3) is 6.02 Å². The number of phenols is 1. The first kappa shape index (κ1) is 13.6. The second kappa shape index (κ2) is 4.82. The molecule has 2 N–H and O–H groups in total. The fourth-order valence-corrected chi connectivity index (χ4v) is 4.89. The van der Waals surface area contributed by atoms with Crippen LogP contribution < -0.4 is 5.32 Å². The monoisotopic (exact) mass is 330 g/mol. The van der Waals surface area contributed by atoms with Gasteiger partial charge in [-0.15, -0.1) is 0 Å². The average Bonchev–Trinajstić information content (AvgIpc) is 3.12. The standard InChI is InChI=1S/C16H18N4O2S/c21-11-1-2-12-13(7-11)23-15(18-12)19-14-17-8-16(22-14)9-20-5-3-10(16)4-6-20/h1-2,7,10,21H,3-6,8-9H2,(H,17,18,19)/t16-/m0/s1. The van der Waals surface area contributed by atoms with E-state index in [2.05, 4.69) is 20.2 Å². The first-order valence-corrected chi connectivity index (χ1v) is 8.84. The second-order valence-corrected chi connectivity index (χ2v) is 7.67. The van der Waals surface area contributed by atoms with Crippen LogP contribution in [0.5, 0.6) is 5.75 Å². The number of anilines is 1. The fraction of sp³-hybridized carbons (Fsp3) is 0.500. The number of phenolic OH excluding ortho intramolecular Hbond substituents is 1. The summed E-state index contributed by atoms with van der Waals surface area (Å²) in [6, 6.07) is 5.78. The molecule has 0 unspecified atom stereocenters. The zero-order valence-electron chi connectivity index (χ0n) is 12.7. The lowest BCUT2D eigenvalue weighted by Crippen LogP contribution is -2.61. The summed E-state index contributed by atoms with van der Waals surface area (Å²) in [6.07, 6.45) is 2.42. The maximum Gasteiger partial charge on any atom is 0.291 e. The Labute approximate surface area is 137 Å². The Morgan fingerprint density at radius 1 is 1.35 bits per heavy atom. The molecule has 7 heteroatoms. The van der Waals surface area contributed by atoms with Crippen LogP contribution in [0.4, 0.5) is 5.13 Å². The lowest BCUT2D eigenvalue weighted by molar-refractivity contribution is -0.0829. The molecule has 3 fully saturated rings. The van der Waals surface area contributed by atoms with E-state index in [0.29, 0.717) is 11.9 Å². The Bertz CT molecular complexity index is 796. The van der Waals surface area contributed by atoms with Crippen molar-refractivity contribution in [1.29, 1.82) is 0 Å². The molecule has 1 aromatic heterocycles. The molecule has 4 aliphatic heterocycles. The topological polar surface area (TPSA) is 70.0 Å². The lowest BCUT2D eigenvalue weighted by atomic mass is 9.75. The number of fused-ring (bicyclic) bond motifs is 3. The van der Waals surface area contributed by atoms with Gasteiger partial charge in [-0.2, -0.15) is 0 Å². The number of hydrogen-bond donors (Lipinski definition) is 2. The molecular formula is C16H18N4O2S. The van der Waals surface area contributed by atoms with Gasteiger partial charge in [0.15, 0.2) is 5.13 Å². The Hall–Kier alpha value is -1.86. The van der Waals surface area contributed by atoms with Crippen molar-refractivity contribution < 1.29 is 9.84 Å². The number of hydrogen-bond acceptors (Lipinski definition) is 7. The molecule has 0 aliphatic carbocycles. The SMILES string of the molecule is Oc1ccc2nc(NC3=NC[C@@]4(CN5CCC4CC5)O3)sc2c1. The number of amidine groups is 1. The highest BCUT2D eigenvalue weighted by molar-refractivity contribution is 7.22. The molecule has 1 atom stereocenters. The summed E-state index contributed by atoms with van der Waals surface area (Å²) in [5, 5.41) is 13.5. The molecule has 6 nitrogen and oxygen atoms in total. The van der Waals surface area contributed by atoms with E-state index < -0.39 is 0 Å². The molecule has 3 saturated heterocycles. The summed E-state index contributed by atoms with van der Waals surface area (Å²) >= 11 is 1.50.